The SMILES string of the molecule is CN(CCNC(=O)c1cncc(NN)n1)C1CC1. The van der Waals surface area contributed by atoms with Crippen LogP contribution in [0.3, 0.4) is 0 Å². The maximum atomic E-state index is 11.8. The minimum atomic E-state index is -0.233. The number of anilines is 1. The number of likely N-dealkylation sites (N-methyl/N-ethyl adjacent to an activating group) is 1. The molecule has 2 rings (SSSR count). The summed E-state index contributed by atoms with van der Waals surface area (Å²) in [5.41, 5.74) is 2.62. The molecule has 4 N–H and O–H groups in total. The molecule has 1 aliphatic carbocycles. The fourth-order valence-corrected chi connectivity index (χ4v) is 1.68. The van der Waals surface area contributed by atoms with Gasteiger partial charge < -0.3 is 15.6 Å². The highest BCUT2D eigenvalue weighted by Crippen LogP contribution is 2.24. The van der Waals surface area contributed by atoms with E-state index in [0.29, 0.717) is 18.4 Å². The minimum Gasteiger partial charge on any atom is -0.349 e. The van der Waals surface area contributed by atoms with Crippen LogP contribution in [0.5, 0.6) is 0 Å². The van der Waals surface area contributed by atoms with Crippen LogP contribution in [-0.4, -0.2) is 47.0 Å². The normalized spacial score (nSPS) is 14.6. The molecule has 1 aromatic rings. The van der Waals surface area contributed by atoms with Gasteiger partial charge in [-0.15, -0.1) is 0 Å². The molecular weight excluding hydrogens is 232 g/mol. The van der Waals surface area contributed by atoms with E-state index in [2.05, 4.69) is 32.7 Å². The van der Waals surface area contributed by atoms with Crippen LogP contribution in [0.1, 0.15) is 23.3 Å². The van der Waals surface area contributed by atoms with E-state index in [0.717, 1.165) is 6.54 Å². The molecule has 98 valence electrons. The average Bonchev–Trinajstić information content (AvgIpc) is 3.23. The summed E-state index contributed by atoms with van der Waals surface area (Å²) in [5, 5.41) is 2.81. The van der Waals surface area contributed by atoms with Crippen molar-refractivity contribution in [3.05, 3.63) is 18.1 Å². The van der Waals surface area contributed by atoms with Crippen molar-refractivity contribution in [2.45, 2.75) is 18.9 Å². The lowest BCUT2D eigenvalue weighted by Gasteiger charge is -2.15. The highest BCUT2D eigenvalue weighted by Gasteiger charge is 2.25. The van der Waals surface area contributed by atoms with Crippen LogP contribution in [0.25, 0.3) is 0 Å². The number of hydrogen-bond acceptors (Lipinski definition) is 6. The first kappa shape index (κ1) is 12.7. The van der Waals surface area contributed by atoms with Crippen molar-refractivity contribution in [3.8, 4) is 0 Å². The molecule has 0 spiro atoms. The Bertz CT molecular complexity index is 420. The Morgan fingerprint density at radius 2 is 2.33 bits per heavy atom. The molecule has 0 aliphatic heterocycles. The summed E-state index contributed by atoms with van der Waals surface area (Å²) in [7, 11) is 2.07. The highest BCUT2D eigenvalue weighted by molar-refractivity contribution is 5.92. The van der Waals surface area contributed by atoms with E-state index >= 15 is 0 Å². The van der Waals surface area contributed by atoms with Crippen LogP contribution >= 0.6 is 0 Å². The third kappa shape index (κ3) is 3.38. The van der Waals surface area contributed by atoms with Gasteiger partial charge in [-0.25, -0.2) is 10.8 Å². The van der Waals surface area contributed by atoms with Crippen LogP contribution in [0.2, 0.25) is 0 Å². The van der Waals surface area contributed by atoms with Crippen LogP contribution in [0.15, 0.2) is 12.4 Å². The zero-order valence-corrected chi connectivity index (χ0v) is 10.4. The van der Waals surface area contributed by atoms with Crippen LogP contribution < -0.4 is 16.6 Å². The van der Waals surface area contributed by atoms with Gasteiger partial charge in [0.05, 0.1) is 12.4 Å². The lowest BCUT2D eigenvalue weighted by molar-refractivity contribution is 0.0944. The quantitative estimate of drug-likeness (QED) is 0.469. The second kappa shape index (κ2) is 5.74. The van der Waals surface area contributed by atoms with Crippen molar-refractivity contribution in [2.24, 2.45) is 5.84 Å². The molecule has 0 unspecified atom stereocenters. The van der Waals surface area contributed by atoms with Gasteiger partial charge in [-0.1, -0.05) is 0 Å². The summed E-state index contributed by atoms with van der Waals surface area (Å²) in [6.07, 6.45) is 5.40. The van der Waals surface area contributed by atoms with Gasteiger partial charge >= 0.3 is 0 Å². The van der Waals surface area contributed by atoms with E-state index in [-0.39, 0.29) is 11.6 Å². The first-order valence-corrected chi connectivity index (χ1v) is 5.98. The number of carbonyl (C=O) groups excluding carboxylic acids is 1. The summed E-state index contributed by atoms with van der Waals surface area (Å²) in [6.45, 7) is 1.45. The molecule has 7 heteroatoms. The van der Waals surface area contributed by atoms with E-state index in [4.69, 9.17) is 5.84 Å². The van der Waals surface area contributed by atoms with Crippen molar-refractivity contribution in [1.29, 1.82) is 0 Å². The summed E-state index contributed by atoms with van der Waals surface area (Å²) < 4.78 is 0. The van der Waals surface area contributed by atoms with Gasteiger partial charge in [0.15, 0.2) is 5.82 Å². The molecule has 1 aromatic heterocycles. The Kier molecular flexibility index (Phi) is 4.06. The van der Waals surface area contributed by atoms with E-state index in [9.17, 15) is 4.79 Å². The Morgan fingerprint density at radius 3 is 3.00 bits per heavy atom. The topological polar surface area (TPSA) is 96.2 Å². The van der Waals surface area contributed by atoms with Gasteiger partial charge in [-0.05, 0) is 19.9 Å². The molecular formula is C11H18N6O. The summed E-state index contributed by atoms with van der Waals surface area (Å²) in [6, 6.07) is 0.700. The number of carbonyl (C=O) groups is 1. The lowest BCUT2D eigenvalue weighted by atomic mass is 10.4. The Hall–Kier alpha value is -1.73. The van der Waals surface area contributed by atoms with Crippen LogP contribution in [-0.2, 0) is 0 Å². The van der Waals surface area contributed by atoms with Crippen molar-refractivity contribution >= 4 is 11.7 Å². The molecule has 0 bridgehead atoms. The highest BCUT2D eigenvalue weighted by atomic mass is 16.1. The number of hydrazine groups is 1. The number of nitrogens with one attached hydrogen (secondary N) is 2. The van der Waals surface area contributed by atoms with Crippen molar-refractivity contribution in [2.75, 3.05) is 25.6 Å². The zero-order valence-electron chi connectivity index (χ0n) is 10.4. The molecule has 1 amide bonds. The van der Waals surface area contributed by atoms with Crippen LogP contribution in [0.4, 0.5) is 5.82 Å². The molecule has 0 saturated heterocycles. The standard InChI is InChI=1S/C11H18N6O/c1-17(8-2-3-8)5-4-14-11(18)9-6-13-7-10(15-9)16-12/h6-8H,2-5,12H2,1H3,(H,14,18)(H,15,16). The second-order valence-electron chi connectivity index (χ2n) is 4.40. The number of rotatable bonds is 6. The summed E-state index contributed by atoms with van der Waals surface area (Å²) in [5.74, 6) is 5.35. The smallest absolute Gasteiger partial charge is 0.271 e. The Morgan fingerprint density at radius 1 is 1.56 bits per heavy atom. The van der Waals surface area contributed by atoms with E-state index in [1.807, 2.05) is 0 Å². The predicted octanol–water partition coefficient (Wildman–Crippen LogP) is -0.414. The van der Waals surface area contributed by atoms with Gasteiger partial charge in [0.2, 0.25) is 0 Å². The van der Waals surface area contributed by atoms with Gasteiger partial charge in [0.1, 0.15) is 5.69 Å². The molecule has 1 heterocycles. The Balaban J connectivity index is 1.79. The number of hydrogen-bond donors (Lipinski definition) is 3. The van der Waals surface area contributed by atoms with Gasteiger partial charge in [0.25, 0.3) is 5.91 Å². The van der Waals surface area contributed by atoms with Gasteiger partial charge in [-0.3, -0.25) is 9.78 Å². The van der Waals surface area contributed by atoms with Gasteiger partial charge in [0, 0.05) is 19.1 Å². The van der Waals surface area contributed by atoms with E-state index in [1.54, 1.807) is 0 Å². The summed E-state index contributed by atoms with van der Waals surface area (Å²) in [4.78, 5) is 21.9. The second-order valence-corrected chi connectivity index (χ2v) is 4.40. The first-order chi connectivity index (χ1) is 8.70. The molecule has 0 aromatic carbocycles. The molecule has 1 saturated carbocycles. The molecule has 1 fully saturated rings. The van der Waals surface area contributed by atoms with Gasteiger partial charge in [-0.2, -0.15) is 0 Å². The molecule has 0 radical (unpaired) electrons. The molecule has 7 nitrogen and oxygen atoms in total. The fraction of sp³-hybridized carbons (Fsp3) is 0.545. The molecule has 18 heavy (non-hydrogen) atoms. The molecule has 0 atom stereocenters. The maximum absolute atomic E-state index is 11.8. The first-order valence-electron chi connectivity index (χ1n) is 5.98. The number of nitrogens with two attached hydrogens (primary N) is 1. The number of nitrogens with zero attached hydrogens (tertiary/aromatic N) is 3. The minimum absolute atomic E-state index is 0.233. The summed E-state index contributed by atoms with van der Waals surface area (Å²) >= 11 is 0. The van der Waals surface area contributed by atoms with Crippen molar-refractivity contribution < 1.29 is 4.79 Å². The predicted molar refractivity (Wildman–Crippen MR) is 67.8 cm³/mol. The van der Waals surface area contributed by atoms with Crippen molar-refractivity contribution in [1.82, 2.24) is 20.2 Å². The maximum Gasteiger partial charge on any atom is 0.271 e. The largest absolute Gasteiger partial charge is 0.349 e. The molecule has 1 aliphatic rings. The van der Waals surface area contributed by atoms with E-state index in [1.165, 1.54) is 25.2 Å². The Labute approximate surface area is 106 Å². The van der Waals surface area contributed by atoms with E-state index < -0.39 is 0 Å². The zero-order chi connectivity index (χ0) is 13.0. The number of nitrogen functional groups attached to an aromatic ring is 1. The number of aromatic nitrogens is 2. The monoisotopic (exact) mass is 250 g/mol. The lowest BCUT2D eigenvalue weighted by Crippen LogP contribution is -2.34. The third-order valence-electron chi connectivity index (χ3n) is 2.94. The third-order valence-corrected chi connectivity index (χ3v) is 2.94. The number of amides is 1. The fourth-order valence-electron chi connectivity index (χ4n) is 1.68. The van der Waals surface area contributed by atoms with Crippen LogP contribution in [0, 0.1) is 0 Å². The average molecular weight is 250 g/mol. The van der Waals surface area contributed by atoms with Crippen molar-refractivity contribution in [3.63, 3.8) is 0 Å².